The largest absolute Gasteiger partial charge is 0.379 e. The van der Waals surface area contributed by atoms with Crippen molar-refractivity contribution in [3.8, 4) is 0 Å². The molecule has 1 aromatic rings. The Kier molecular flexibility index (Phi) is 4.93. The number of aromatic nitrogens is 2. The molecule has 0 bridgehead atoms. The minimum Gasteiger partial charge on any atom is -0.379 e. The molecule has 118 valence electrons. The van der Waals surface area contributed by atoms with Crippen LogP contribution in [0.1, 0.15) is 19.2 Å². The lowest BCUT2D eigenvalue weighted by molar-refractivity contribution is 0.0251. The molecule has 21 heavy (non-hydrogen) atoms. The van der Waals surface area contributed by atoms with Gasteiger partial charge in [-0.05, 0) is 26.3 Å². The SMILES string of the molecule is C[C@H](CN1CCOCC1)N(C)C[C@@H]1CCc2nccn2C1. The second-order valence-electron chi connectivity index (χ2n) is 6.60. The molecule has 0 unspecified atom stereocenters. The summed E-state index contributed by atoms with van der Waals surface area (Å²) in [4.78, 5) is 9.47. The van der Waals surface area contributed by atoms with Crippen LogP contribution >= 0.6 is 0 Å². The van der Waals surface area contributed by atoms with E-state index >= 15 is 0 Å². The van der Waals surface area contributed by atoms with Crippen LogP contribution in [0.5, 0.6) is 0 Å². The summed E-state index contributed by atoms with van der Waals surface area (Å²) in [6.07, 6.45) is 6.45. The lowest BCUT2D eigenvalue weighted by Crippen LogP contribution is -2.46. The van der Waals surface area contributed by atoms with Crippen molar-refractivity contribution in [1.29, 1.82) is 0 Å². The van der Waals surface area contributed by atoms with Gasteiger partial charge in [0, 0.05) is 57.6 Å². The third-order valence-electron chi connectivity index (χ3n) is 4.96. The van der Waals surface area contributed by atoms with Crippen molar-refractivity contribution in [3.63, 3.8) is 0 Å². The molecule has 2 atom stereocenters. The second-order valence-corrected chi connectivity index (χ2v) is 6.60. The fourth-order valence-electron chi connectivity index (χ4n) is 3.47. The van der Waals surface area contributed by atoms with Crippen LogP contribution in [0.15, 0.2) is 12.4 Å². The van der Waals surface area contributed by atoms with Gasteiger partial charge in [0.15, 0.2) is 0 Å². The molecule has 5 heteroatoms. The van der Waals surface area contributed by atoms with E-state index in [0.717, 1.165) is 51.7 Å². The summed E-state index contributed by atoms with van der Waals surface area (Å²) in [5, 5.41) is 0. The minimum absolute atomic E-state index is 0.604. The smallest absolute Gasteiger partial charge is 0.108 e. The highest BCUT2D eigenvalue weighted by Gasteiger charge is 2.23. The van der Waals surface area contributed by atoms with Crippen molar-refractivity contribution >= 4 is 0 Å². The summed E-state index contributed by atoms with van der Waals surface area (Å²) < 4.78 is 7.75. The van der Waals surface area contributed by atoms with Crippen LogP contribution in [-0.2, 0) is 17.7 Å². The number of aryl methyl sites for hydroxylation is 1. The Balaban J connectivity index is 1.46. The predicted molar refractivity (Wildman–Crippen MR) is 83.4 cm³/mol. The van der Waals surface area contributed by atoms with Crippen molar-refractivity contribution in [2.75, 3.05) is 46.4 Å². The molecule has 1 fully saturated rings. The summed E-state index contributed by atoms with van der Waals surface area (Å²) >= 11 is 0. The Hall–Kier alpha value is -0.910. The first-order valence-corrected chi connectivity index (χ1v) is 8.22. The molecule has 3 rings (SSSR count). The van der Waals surface area contributed by atoms with E-state index in [-0.39, 0.29) is 0 Å². The van der Waals surface area contributed by atoms with Crippen LogP contribution in [0, 0.1) is 5.92 Å². The zero-order valence-electron chi connectivity index (χ0n) is 13.4. The van der Waals surface area contributed by atoms with Crippen LogP contribution in [0.4, 0.5) is 0 Å². The standard InChI is InChI=1S/C16H28N4O/c1-14(11-19-7-9-21-10-8-19)18(2)12-15-3-4-16-17-5-6-20(16)13-15/h5-6,14-15H,3-4,7-13H2,1-2H3/t14-,15+/m1/s1. The third kappa shape index (κ3) is 3.84. The van der Waals surface area contributed by atoms with E-state index in [0.29, 0.717) is 6.04 Å². The second kappa shape index (κ2) is 6.90. The van der Waals surface area contributed by atoms with Gasteiger partial charge < -0.3 is 14.2 Å². The van der Waals surface area contributed by atoms with E-state index in [2.05, 4.69) is 39.5 Å². The van der Waals surface area contributed by atoms with E-state index in [1.54, 1.807) is 0 Å². The van der Waals surface area contributed by atoms with E-state index in [4.69, 9.17) is 4.74 Å². The zero-order valence-corrected chi connectivity index (χ0v) is 13.4. The fourth-order valence-corrected chi connectivity index (χ4v) is 3.47. The van der Waals surface area contributed by atoms with Crippen LogP contribution in [-0.4, -0.2) is 71.8 Å². The van der Waals surface area contributed by atoms with E-state index in [1.165, 1.54) is 18.8 Å². The molecule has 1 saturated heterocycles. The minimum atomic E-state index is 0.604. The summed E-state index contributed by atoms with van der Waals surface area (Å²) in [7, 11) is 2.27. The normalized spacial score (nSPS) is 25.0. The highest BCUT2D eigenvalue weighted by atomic mass is 16.5. The van der Waals surface area contributed by atoms with Crippen molar-refractivity contribution in [3.05, 3.63) is 18.2 Å². The van der Waals surface area contributed by atoms with Gasteiger partial charge in [-0.15, -0.1) is 0 Å². The molecule has 0 amide bonds. The molecule has 0 N–H and O–H groups in total. The average molecular weight is 292 g/mol. The van der Waals surface area contributed by atoms with Crippen molar-refractivity contribution in [1.82, 2.24) is 19.4 Å². The first kappa shape index (κ1) is 15.0. The Bertz CT molecular complexity index is 441. The number of likely N-dealkylation sites (N-methyl/N-ethyl adjacent to an activating group) is 1. The maximum atomic E-state index is 5.42. The maximum Gasteiger partial charge on any atom is 0.108 e. The summed E-state index contributed by atoms with van der Waals surface area (Å²) in [6, 6.07) is 0.604. The van der Waals surface area contributed by atoms with Gasteiger partial charge in [0.2, 0.25) is 0 Å². The van der Waals surface area contributed by atoms with Crippen LogP contribution in [0.3, 0.4) is 0 Å². The molecule has 1 aromatic heterocycles. The van der Waals surface area contributed by atoms with Crippen molar-refractivity contribution in [2.45, 2.75) is 32.4 Å². The van der Waals surface area contributed by atoms with Gasteiger partial charge in [-0.25, -0.2) is 4.98 Å². The number of rotatable bonds is 5. The molecule has 0 saturated carbocycles. The van der Waals surface area contributed by atoms with Gasteiger partial charge in [-0.1, -0.05) is 0 Å². The molecule has 3 heterocycles. The average Bonchev–Trinajstić information content (AvgIpc) is 2.95. The Morgan fingerprint density at radius 1 is 1.43 bits per heavy atom. The number of hydrogen-bond acceptors (Lipinski definition) is 4. The van der Waals surface area contributed by atoms with Gasteiger partial charge in [0.1, 0.15) is 5.82 Å². The van der Waals surface area contributed by atoms with Gasteiger partial charge in [-0.3, -0.25) is 4.90 Å². The number of hydrogen-bond donors (Lipinski definition) is 0. The Morgan fingerprint density at radius 3 is 3.05 bits per heavy atom. The van der Waals surface area contributed by atoms with Gasteiger partial charge in [-0.2, -0.15) is 0 Å². The molecule has 2 aliphatic rings. The van der Waals surface area contributed by atoms with Crippen LogP contribution < -0.4 is 0 Å². The predicted octanol–water partition coefficient (Wildman–Crippen LogP) is 1.10. The maximum absolute atomic E-state index is 5.42. The van der Waals surface area contributed by atoms with E-state index in [9.17, 15) is 0 Å². The van der Waals surface area contributed by atoms with Gasteiger partial charge in [0.05, 0.1) is 13.2 Å². The zero-order chi connectivity index (χ0) is 14.7. The lowest BCUT2D eigenvalue weighted by atomic mass is 9.98. The van der Waals surface area contributed by atoms with E-state index < -0.39 is 0 Å². The number of morpholine rings is 1. The number of imidazole rings is 1. The quantitative estimate of drug-likeness (QED) is 0.814. The molecule has 0 radical (unpaired) electrons. The first-order valence-electron chi connectivity index (χ1n) is 8.22. The van der Waals surface area contributed by atoms with Gasteiger partial charge >= 0.3 is 0 Å². The molecule has 0 aromatic carbocycles. The molecule has 5 nitrogen and oxygen atoms in total. The highest BCUT2D eigenvalue weighted by molar-refractivity contribution is 4.97. The molecular weight excluding hydrogens is 264 g/mol. The monoisotopic (exact) mass is 292 g/mol. The number of ether oxygens (including phenoxy) is 1. The number of nitrogens with zero attached hydrogens (tertiary/aromatic N) is 4. The molecule has 0 spiro atoms. The van der Waals surface area contributed by atoms with Crippen molar-refractivity contribution < 1.29 is 4.74 Å². The Labute approximate surface area is 127 Å². The summed E-state index contributed by atoms with van der Waals surface area (Å²) in [5.74, 6) is 2.01. The Morgan fingerprint density at radius 2 is 2.24 bits per heavy atom. The molecule has 0 aliphatic carbocycles. The summed E-state index contributed by atoms with van der Waals surface area (Å²) in [5.41, 5.74) is 0. The van der Waals surface area contributed by atoms with E-state index in [1.807, 2.05) is 6.20 Å². The number of fused-ring (bicyclic) bond motifs is 1. The van der Waals surface area contributed by atoms with Crippen LogP contribution in [0.25, 0.3) is 0 Å². The summed E-state index contributed by atoms with van der Waals surface area (Å²) in [6.45, 7) is 9.77. The third-order valence-corrected chi connectivity index (χ3v) is 4.96. The topological polar surface area (TPSA) is 33.5 Å². The van der Waals surface area contributed by atoms with Gasteiger partial charge in [0.25, 0.3) is 0 Å². The van der Waals surface area contributed by atoms with Crippen LogP contribution in [0.2, 0.25) is 0 Å². The molecule has 2 aliphatic heterocycles. The van der Waals surface area contributed by atoms with Crippen molar-refractivity contribution in [2.24, 2.45) is 5.92 Å². The lowest BCUT2D eigenvalue weighted by Gasteiger charge is -2.35. The molecular formula is C16H28N4O. The highest BCUT2D eigenvalue weighted by Crippen LogP contribution is 2.20. The first-order chi connectivity index (χ1) is 10.2. The fraction of sp³-hybridized carbons (Fsp3) is 0.812.